The summed E-state index contributed by atoms with van der Waals surface area (Å²) < 4.78 is 22.6. The quantitative estimate of drug-likeness (QED) is 0.188. The van der Waals surface area contributed by atoms with E-state index in [2.05, 4.69) is 11.3 Å². The van der Waals surface area contributed by atoms with E-state index in [9.17, 15) is 14.4 Å². The van der Waals surface area contributed by atoms with Crippen LogP contribution in [0.4, 0.5) is 0 Å². The monoisotopic (exact) mass is 522 g/mol. The Bertz CT molecular complexity index is 1270. The van der Waals surface area contributed by atoms with E-state index in [4.69, 9.17) is 30.0 Å². The van der Waals surface area contributed by atoms with Crippen molar-refractivity contribution in [2.24, 2.45) is 0 Å². The molecule has 0 bridgehead atoms. The molecule has 182 valence electrons. The zero-order valence-electron chi connectivity index (χ0n) is 18.7. The summed E-state index contributed by atoms with van der Waals surface area (Å²) in [5.74, 6) is 0.576. The molecular weight excluding hydrogens is 504 g/mol. The highest BCUT2D eigenvalue weighted by atomic mass is 35.5. The molecule has 0 unspecified atom stereocenters. The van der Waals surface area contributed by atoms with E-state index in [0.29, 0.717) is 17.6 Å². The van der Waals surface area contributed by atoms with E-state index in [1.54, 1.807) is 91.0 Å². The maximum atomic E-state index is 12.9. The number of esters is 3. The fourth-order valence-corrected chi connectivity index (χ4v) is 4.46. The van der Waals surface area contributed by atoms with Gasteiger partial charge in [-0.3, -0.25) is 4.18 Å². The molecule has 3 aromatic carbocycles. The van der Waals surface area contributed by atoms with Crippen molar-refractivity contribution in [1.82, 2.24) is 0 Å². The summed E-state index contributed by atoms with van der Waals surface area (Å²) in [6, 6.07) is 24.9. The normalized spacial score (nSPS) is 20.5. The third-order valence-electron chi connectivity index (χ3n) is 5.11. The summed E-state index contributed by atoms with van der Waals surface area (Å²) >= 11 is 6.40. The lowest BCUT2D eigenvalue weighted by Crippen LogP contribution is -2.47. The lowest BCUT2D eigenvalue weighted by Gasteiger charge is -2.28. The molecule has 7 nitrogen and oxygen atoms in total. The molecule has 0 radical (unpaired) electrons. The molecule has 3 aromatic rings. The zero-order valence-corrected chi connectivity index (χ0v) is 20.2. The summed E-state index contributed by atoms with van der Waals surface area (Å²) in [7, 11) is 0. The van der Waals surface area contributed by atoms with Gasteiger partial charge in [0.15, 0.2) is 6.10 Å². The third kappa shape index (κ3) is 5.89. The Kier molecular flexibility index (Phi) is 8.28. The predicted octanol–water partition coefficient (Wildman–Crippen LogP) is 4.87. The van der Waals surface area contributed by atoms with Gasteiger partial charge in [0.05, 0.1) is 28.7 Å². The minimum Gasteiger partial charge on any atom is -0.459 e. The first-order chi connectivity index (χ1) is 17.5. The first kappa shape index (κ1) is 25.3. The average molecular weight is 523 g/mol. The summed E-state index contributed by atoms with van der Waals surface area (Å²) in [6.45, 7) is -0.304. The van der Waals surface area contributed by atoms with Crippen LogP contribution in [0.15, 0.2) is 91.0 Å². The highest BCUT2D eigenvalue weighted by Gasteiger charge is 2.57. The van der Waals surface area contributed by atoms with Gasteiger partial charge in [-0.05, 0) is 53.9 Å². The number of hydrogen-bond acceptors (Lipinski definition) is 8. The first-order valence-corrected chi connectivity index (χ1v) is 11.9. The molecule has 1 aliphatic heterocycles. The van der Waals surface area contributed by atoms with E-state index in [1.807, 2.05) is 0 Å². The van der Waals surface area contributed by atoms with Crippen molar-refractivity contribution < 1.29 is 32.8 Å². The predicted molar refractivity (Wildman–Crippen MR) is 133 cm³/mol. The third-order valence-corrected chi connectivity index (χ3v) is 6.22. The van der Waals surface area contributed by atoms with Gasteiger partial charge in [-0.2, -0.15) is 0 Å². The van der Waals surface area contributed by atoms with Gasteiger partial charge in [0.2, 0.25) is 0 Å². The number of benzene rings is 3. The van der Waals surface area contributed by atoms with Gasteiger partial charge in [-0.15, -0.1) is 0 Å². The molecule has 1 aliphatic rings. The van der Waals surface area contributed by atoms with Crippen molar-refractivity contribution in [3.8, 4) is 11.3 Å². The van der Waals surface area contributed by atoms with Crippen LogP contribution >= 0.6 is 23.6 Å². The highest BCUT2D eigenvalue weighted by Crippen LogP contribution is 2.44. The van der Waals surface area contributed by atoms with E-state index in [-0.39, 0.29) is 17.7 Å². The standard InChI is InChI=1S/C27H19ClO7S/c28-17-16-27(34-26(31)21-14-8-3-9-15-21)23(33-25(30)20-12-6-2-7-13-20)22(35-36-27)18-32-24(29)19-10-4-1-5-11-19/h1-15,22-23H,18H2/t22-,23-,27+/m1/s1. The molecule has 9 heteroatoms. The molecule has 0 N–H and O–H groups in total. The number of carbonyl (C=O) groups excluding carboxylic acids is 3. The molecule has 4 rings (SSSR count). The van der Waals surface area contributed by atoms with Crippen LogP contribution in [0.1, 0.15) is 31.1 Å². The maximum Gasteiger partial charge on any atom is 0.340 e. The van der Waals surface area contributed by atoms with Crippen molar-refractivity contribution in [2.75, 3.05) is 6.61 Å². The summed E-state index contributed by atoms with van der Waals surface area (Å²) in [5, 5.41) is 2.21. The Labute approximate surface area is 216 Å². The van der Waals surface area contributed by atoms with Gasteiger partial charge in [0, 0.05) is 5.38 Å². The van der Waals surface area contributed by atoms with E-state index in [0.717, 1.165) is 0 Å². The van der Waals surface area contributed by atoms with Crippen LogP contribution in [-0.2, 0) is 18.4 Å². The Morgan fingerprint density at radius 2 is 1.31 bits per heavy atom. The lowest BCUT2D eigenvalue weighted by atomic mass is 10.1. The number of carbonyl (C=O) groups is 3. The summed E-state index contributed by atoms with van der Waals surface area (Å²) in [6.07, 6.45) is -2.30. The molecule has 0 saturated carbocycles. The van der Waals surface area contributed by atoms with Gasteiger partial charge in [-0.25, -0.2) is 14.4 Å². The van der Waals surface area contributed by atoms with Gasteiger partial charge >= 0.3 is 17.9 Å². The van der Waals surface area contributed by atoms with Crippen LogP contribution in [0.5, 0.6) is 0 Å². The zero-order chi connectivity index (χ0) is 25.4. The number of rotatable bonds is 7. The van der Waals surface area contributed by atoms with Crippen LogP contribution in [-0.4, -0.2) is 41.7 Å². The minimum absolute atomic E-state index is 0.251. The molecular formula is C27H19ClO7S. The van der Waals surface area contributed by atoms with Gasteiger partial charge in [-0.1, -0.05) is 54.6 Å². The van der Waals surface area contributed by atoms with Gasteiger partial charge in [0.25, 0.3) is 4.93 Å². The van der Waals surface area contributed by atoms with E-state index < -0.39 is 35.0 Å². The van der Waals surface area contributed by atoms with Crippen molar-refractivity contribution in [3.63, 3.8) is 0 Å². The highest BCUT2D eigenvalue weighted by molar-refractivity contribution is 7.96. The van der Waals surface area contributed by atoms with Crippen LogP contribution in [0, 0.1) is 11.3 Å². The minimum atomic E-state index is -1.82. The van der Waals surface area contributed by atoms with Crippen molar-refractivity contribution in [1.29, 1.82) is 0 Å². The largest absolute Gasteiger partial charge is 0.459 e. The van der Waals surface area contributed by atoms with Crippen LogP contribution in [0.2, 0.25) is 0 Å². The maximum absolute atomic E-state index is 12.9. The van der Waals surface area contributed by atoms with E-state index in [1.165, 1.54) is 0 Å². The lowest BCUT2D eigenvalue weighted by molar-refractivity contribution is -0.0591. The number of hydrogen-bond donors (Lipinski definition) is 0. The van der Waals surface area contributed by atoms with Gasteiger partial charge < -0.3 is 14.2 Å². The fraction of sp³-hybridized carbons (Fsp3) is 0.148. The van der Waals surface area contributed by atoms with Crippen molar-refractivity contribution in [2.45, 2.75) is 17.1 Å². The fourth-order valence-electron chi connectivity index (χ4n) is 3.35. The van der Waals surface area contributed by atoms with E-state index >= 15 is 0 Å². The van der Waals surface area contributed by atoms with Crippen molar-refractivity contribution >= 4 is 41.6 Å². The van der Waals surface area contributed by atoms with Crippen LogP contribution in [0.3, 0.4) is 0 Å². The molecule has 1 fully saturated rings. The topological polar surface area (TPSA) is 88.1 Å². The molecule has 0 amide bonds. The molecule has 0 spiro atoms. The Morgan fingerprint density at radius 1 is 0.806 bits per heavy atom. The number of ether oxygens (including phenoxy) is 3. The van der Waals surface area contributed by atoms with Crippen LogP contribution < -0.4 is 0 Å². The second-order valence-electron chi connectivity index (χ2n) is 7.52. The SMILES string of the molecule is O=C(OC[C@H]1OS[C@](C#CCl)(OC(=O)c2ccccc2)[C@@H]1OC(=O)c1ccccc1)c1ccccc1. The second kappa shape index (κ2) is 11.8. The summed E-state index contributed by atoms with van der Waals surface area (Å²) in [5.41, 5.74) is 0.848. The Hall–Kier alpha value is -3.77. The molecule has 1 heterocycles. The second-order valence-corrected chi connectivity index (χ2v) is 8.67. The van der Waals surface area contributed by atoms with Crippen molar-refractivity contribution in [3.05, 3.63) is 108 Å². The first-order valence-electron chi connectivity index (χ1n) is 10.8. The molecule has 1 saturated heterocycles. The number of halogens is 1. The molecule has 0 aromatic heterocycles. The Balaban J connectivity index is 1.60. The Morgan fingerprint density at radius 3 is 1.83 bits per heavy atom. The van der Waals surface area contributed by atoms with Gasteiger partial charge in [0.1, 0.15) is 12.7 Å². The molecule has 0 aliphatic carbocycles. The molecule has 3 atom stereocenters. The average Bonchev–Trinajstić information content (AvgIpc) is 3.25. The smallest absolute Gasteiger partial charge is 0.340 e. The molecule has 36 heavy (non-hydrogen) atoms. The summed E-state index contributed by atoms with van der Waals surface area (Å²) in [4.78, 5) is 36.5. The van der Waals surface area contributed by atoms with Crippen LogP contribution in [0.25, 0.3) is 0 Å².